The molecule has 0 radical (unpaired) electrons. The number of halogens is 4. The Hall–Kier alpha value is -0.590. The molecule has 0 bridgehead atoms. The maximum Gasteiger partial charge on any atom is 0.240 e. The number of hydrogen-bond acceptors (Lipinski definition) is 2. The second-order valence-electron chi connectivity index (χ2n) is 4.60. The summed E-state index contributed by atoms with van der Waals surface area (Å²) >= 11 is 3.11. The highest BCUT2D eigenvalue weighted by molar-refractivity contribution is 9.10. The van der Waals surface area contributed by atoms with Gasteiger partial charge in [0.15, 0.2) is 0 Å². The third-order valence-electron chi connectivity index (χ3n) is 3.32. The summed E-state index contributed by atoms with van der Waals surface area (Å²) < 4.78 is 39.1. The molecule has 1 fully saturated rings. The van der Waals surface area contributed by atoms with Crippen LogP contribution < -0.4 is 5.32 Å². The molecule has 6 heteroatoms. The lowest BCUT2D eigenvalue weighted by Crippen LogP contribution is -2.45. The van der Waals surface area contributed by atoms with Crippen molar-refractivity contribution < 1.29 is 13.2 Å². The highest BCUT2D eigenvalue weighted by Crippen LogP contribution is 2.30. The lowest BCUT2D eigenvalue weighted by molar-refractivity contribution is 0.0739. The zero-order chi connectivity index (χ0) is 13.8. The van der Waals surface area contributed by atoms with Gasteiger partial charge in [0.2, 0.25) is 6.43 Å². The average molecular weight is 337 g/mol. The maximum atomic E-state index is 13.2. The average Bonchev–Trinajstić information content (AvgIpc) is 2.40. The zero-order valence-corrected chi connectivity index (χ0v) is 12.0. The van der Waals surface area contributed by atoms with E-state index in [4.69, 9.17) is 0 Å². The van der Waals surface area contributed by atoms with Crippen LogP contribution in [0, 0.1) is 5.82 Å². The first-order chi connectivity index (χ1) is 9.08. The minimum Gasteiger partial charge on any atom is -0.314 e. The largest absolute Gasteiger partial charge is 0.314 e. The van der Waals surface area contributed by atoms with Crippen LogP contribution in [0.25, 0.3) is 0 Å². The Labute approximate surface area is 119 Å². The van der Waals surface area contributed by atoms with Gasteiger partial charge in [0.1, 0.15) is 5.82 Å². The summed E-state index contributed by atoms with van der Waals surface area (Å²) in [6.07, 6.45) is -2.60. The van der Waals surface area contributed by atoms with Crippen LogP contribution in [0.5, 0.6) is 0 Å². The molecule has 1 heterocycles. The lowest BCUT2D eigenvalue weighted by Gasteiger charge is -2.35. The standard InChI is InChI=1S/C13H16BrF3N2/c14-10-7-9(1-2-11(10)15)12(8-13(16)17)19-5-3-18-4-6-19/h1-2,7,12-13,18H,3-6,8H2/t12-/m0/s1. The second-order valence-corrected chi connectivity index (χ2v) is 5.46. The number of nitrogens with zero attached hydrogens (tertiary/aromatic N) is 1. The molecule has 106 valence electrons. The number of alkyl halides is 2. The number of hydrogen-bond donors (Lipinski definition) is 1. The van der Waals surface area contributed by atoms with Gasteiger partial charge >= 0.3 is 0 Å². The lowest BCUT2D eigenvalue weighted by atomic mass is 10.0. The van der Waals surface area contributed by atoms with Crippen molar-refractivity contribution in [3.8, 4) is 0 Å². The van der Waals surface area contributed by atoms with Gasteiger partial charge in [-0.3, -0.25) is 4.90 Å². The molecule has 1 atom stereocenters. The Balaban J connectivity index is 2.22. The van der Waals surface area contributed by atoms with Crippen LogP contribution in [0.3, 0.4) is 0 Å². The first kappa shape index (κ1) is 14.8. The van der Waals surface area contributed by atoms with Crippen LogP contribution in [0.1, 0.15) is 18.0 Å². The fourth-order valence-electron chi connectivity index (χ4n) is 2.38. The molecular weight excluding hydrogens is 321 g/mol. The molecule has 0 aliphatic carbocycles. The van der Waals surface area contributed by atoms with E-state index in [1.54, 1.807) is 12.1 Å². The number of rotatable bonds is 4. The van der Waals surface area contributed by atoms with E-state index in [1.165, 1.54) is 6.07 Å². The van der Waals surface area contributed by atoms with Gasteiger partial charge in [-0.2, -0.15) is 0 Å². The van der Waals surface area contributed by atoms with E-state index < -0.39 is 6.43 Å². The molecule has 0 spiro atoms. The summed E-state index contributed by atoms with van der Waals surface area (Å²) in [5.41, 5.74) is 0.732. The topological polar surface area (TPSA) is 15.3 Å². The van der Waals surface area contributed by atoms with Gasteiger partial charge in [0.05, 0.1) is 4.47 Å². The fourth-order valence-corrected chi connectivity index (χ4v) is 2.77. The SMILES string of the molecule is Fc1ccc([C@H](CC(F)F)N2CCNCC2)cc1Br. The number of nitrogens with one attached hydrogen (secondary N) is 1. The van der Waals surface area contributed by atoms with Crippen molar-refractivity contribution in [2.24, 2.45) is 0 Å². The number of benzene rings is 1. The number of piperazine rings is 1. The highest BCUT2D eigenvalue weighted by atomic mass is 79.9. The Morgan fingerprint density at radius 3 is 2.53 bits per heavy atom. The normalized spacial score (nSPS) is 18.8. The van der Waals surface area contributed by atoms with Crippen molar-refractivity contribution >= 4 is 15.9 Å². The summed E-state index contributed by atoms with van der Waals surface area (Å²) in [6, 6.07) is 4.15. The van der Waals surface area contributed by atoms with Crippen LogP contribution in [0.2, 0.25) is 0 Å². The van der Waals surface area contributed by atoms with Crippen molar-refractivity contribution in [1.82, 2.24) is 10.2 Å². The molecule has 19 heavy (non-hydrogen) atoms. The van der Waals surface area contributed by atoms with Gasteiger partial charge in [0, 0.05) is 38.6 Å². The fraction of sp³-hybridized carbons (Fsp3) is 0.538. The van der Waals surface area contributed by atoms with Crippen molar-refractivity contribution in [2.75, 3.05) is 26.2 Å². The van der Waals surface area contributed by atoms with Gasteiger partial charge in [-0.1, -0.05) is 6.07 Å². The van der Waals surface area contributed by atoms with Gasteiger partial charge in [-0.25, -0.2) is 13.2 Å². The first-order valence-electron chi connectivity index (χ1n) is 6.26. The summed E-state index contributed by atoms with van der Waals surface area (Å²) in [5, 5.41) is 3.20. The van der Waals surface area contributed by atoms with Crippen molar-refractivity contribution in [2.45, 2.75) is 18.9 Å². The van der Waals surface area contributed by atoms with Crippen LogP contribution in [-0.4, -0.2) is 37.5 Å². The van der Waals surface area contributed by atoms with Gasteiger partial charge in [0.25, 0.3) is 0 Å². The second kappa shape index (κ2) is 6.72. The van der Waals surface area contributed by atoms with Crippen LogP contribution >= 0.6 is 15.9 Å². The van der Waals surface area contributed by atoms with E-state index in [2.05, 4.69) is 21.2 Å². The van der Waals surface area contributed by atoms with Crippen LogP contribution in [0.4, 0.5) is 13.2 Å². The molecule has 1 aliphatic rings. The van der Waals surface area contributed by atoms with Gasteiger partial charge in [-0.15, -0.1) is 0 Å². The van der Waals surface area contributed by atoms with Crippen molar-refractivity contribution in [1.29, 1.82) is 0 Å². The Morgan fingerprint density at radius 2 is 1.95 bits per heavy atom. The van der Waals surface area contributed by atoms with Crippen molar-refractivity contribution in [3.63, 3.8) is 0 Å². The molecule has 1 saturated heterocycles. The molecule has 0 amide bonds. The van der Waals surface area contributed by atoms with Crippen LogP contribution in [-0.2, 0) is 0 Å². The molecule has 1 aliphatic heterocycles. The quantitative estimate of drug-likeness (QED) is 0.908. The summed E-state index contributed by atoms with van der Waals surface area (Å²) in [6.45, 7) is 3.04. The minimum absolute atomic E-state index is 0.224. The monoisotopic (exact) mass is 336 g/mol. The molecule has 2 rings (SSSR count). The van der Waals surface area contributed by atoms with E-state index in [9.17, 15) is 13.2 Å². The summed E-state index contributed by atoms with van der Waals surface area (Å²) in [4.78, 5) is 2.03. The third kappa shape index (κ3) is 3.94. The predicted molar refractivity (Wildman–Crippen MR) is 71.9 cm³/mol. The Kier molecular flexibility index (Phi) is 5.24. The molecule has 1 aromatic carbocycles. The Bertz CT molecular complexity index is 422. The van der Waals surface area contributed by atoms with E-state index in [1.807, 2.05) is 4.90 Å². The predicted octanol–water partition coefficient (Wildman–Crippen LogP) is 3.19. The minimum atomic E-state index is -2.37. The third-order valence-corrected chi connectivity index (χ3v) is 3.93. The van der Waals surface area contributed by atoms with Crippen molar-refractivity contribution in [3.05, 3.63) is 34.1 Å². The van der Waals surface area contributed by atoms with E-state index >= 15 is 0 Å². The molecule has 0 saturated carbocycles. The van der Waals surface area contributed by atoms with E-state index in [-0.39, 0.29) is 18.3 Å². The summed E-state index contributed by atoms with van der Waals surface area (Å²) in [5.74, 6) is -0.375. The molecule has 2 nitrogen and oxygen atoms in total. The van der Waals surface area contributed by atoms with Crippen LogP contribution in [0.15, 0.2) is 22.7 Å². The first-order valence-corrected chi connectivity index (χ1v) is 7.05. The van der Waals surface area contributed by atoms with Gasteiger partial charge in [-0.05, 0) is 33.6 Å². The molecular formula is C13H16BrF3N2. The molecule has 0 unspecified atom stereocenters. The van der Waals surface area contributed by atoms with E-state index in [0.29, 0.717) is 4.47 Å². The summed E-state index contributed by atoms with van der Waals surface area (Å²) in [7, 11) is 0. The molecule has 0 aromatic heterocycles. The molecule has 1 aromatic rings. The zero-order valence-electron chi connectivity index (χ0n) is 10.4. The Morgan fingerprint density at radius 1 is 1.26 bits per heavy atom. The maximum absolute atomic E-state index is 13.2. The van der Waals surface area contributed by atoms with Gasteiger partial charge < -0.3 is 5.32 Å². The van der Waals surface area contributed by atoms with E-state index in [0.717, 1.165) is 31.7 Å². The highest BCUT2D eigenvalue weighted by Gasteiger charge is 2.25. The smallest absolute Gasteiger partial charge is 0.240 e. The molecule has 1 N–H and O–H groups in total.